The number of ether oxygens (including phenoxy) is 1. The SMILES string of the molecule is C#Cc1c(F)ccc2cc(O)cc(-c3nc(CC)c4c(N5CCNCC5)nc(OCC5(CN6CC7CC7C6)CC5)nc4c3F)c12.CC. The van der Waals surface area contributed by atoms with Crippen molar-refractivity contribution in [3.8, 4) is 35.4 Å². The number of nitrogens with one attached hydrogen (secondary N) is 1. The summed E-state index contributed by atoms with van der Waals surface area (Å²) in [6.07, 6.45) is 9.76. The third-order valence-electron chi connectivity index (χ3n) is 10.1. The predicted octanol–water partition coefficient (Wildman–Crippen LogP) is 5.92. The Morgan fingerprint density at radius 2 is 1.81 bits per heavy atom. The molecule has 2 saturated heterocycles. The van der Waals surface area contributed by atoms with E-state index in [2.05, 4.69) is 26.0 Å². The van der Waals surface area contributed by atoms with Gasteiger partial charge in [0.25, 0.3) is 0 Å². The van der Waals surface area contributed by atoms with E-state index in [0.717, 1.165) is 44.3 Å². The van der Waals surface area contributed by atoms with Crippen LogP contribution in [0, 0.1) is 41.2 Å². The molecule has 2 N–H and O–H groups in total. The van der Waals surface area contributed by atoms with Crippen LogP contribution in [0.1, 0.15) is 51.3 Å². The van der Waals surface area contributed by atoms with Crippen LogP contribution in [0.15, 0.2) is 24.3 Å². The molecule has 0 bridgehead atoms. The van der Waals surface area contributed by atoms with Crippen LogP contribution in [0.3, 0.4) is 0 Å². The lowest BCUT2D eigenvalue weighted by Crippen LogP contribution is -2.44. The number of fused-ring (bicyclic) bond motifs is 3. The van der Waals surface area contributed by atoms with Gasteiger partial charge in [0.05, 0.1) is 23.3 Å². The minimum Gasteiger partial charge on any atom is -0.508 e. The number of halogens is 2. The summed E-state index contributed by atoms with van der Waals surface area (Å²) in [6.45, 7) is 12.7. The molecule has 4 aliphatic rings. The van der Waals surface area contributed by atoms with Crippen molar-refractivity contribution >= 4 is 27.5 Å². The summed E-state index contributed by atoms with van der Waals surface area (Å²) < 4.78 is 38.2. The van der Waals surface area contributed by atoms with Gasteiger partial charge in [-0.2, -0.15) is 9.97 Å². The minimum absolute atomic E-state index is 0.0138. The third-order valence-corrected chi connectivity index (χ3v) is 10.1. The molecule has 2 aliphatic heterocycles. The van der Waals surface area contributed by atoms with Gasteiger partial charge in [-0.05, 0) is 61.1 Å². The van der Waals surface area contributed by atoms with Crippen molar-refractivity contribution in [1.29, 1.82) is 0 Å². The van der Waals surface area contributed by atoms with Crippen molar-refractivity contribution in [3.63, 3.8) is 0 Å². The molecule has 0 amide bonds. The molecule has 2 unspecified atom stereocenters. The zero-order valence-electron chi connectivity index (χ0n) is 27.4. The van der Waals surface area contributed by atoms with Gasteiger partial charge in [0.1, 0.15) is 28.6 Å². The van der Waals surface area contributed by atoms with Crippen molar-refractivity contribution in [2.45, 2.75) is 46.5 Å². The topological polar surface area (TPSA) is 86.6 Å². The van der Waals surface area contributed by atoms with Crippen LogP contribution in [0.2, 0.25) is 0 Å². The van der Waals surface area contributed by atoms with Crippen molar-refractivity contribution in [1.82, 2.24) is 25.2 Å². The van der Waals surface area contributed by atoms with E-state index in [0.29, 0.717) is 53.8 Å². The monoisotopic (exact) mass is 640 g/mol. The number of benzene rings is 2. The number of aryl methyl sites for hydroxylation is 1. The summed E-state index contributed by atoms with van der Waals surface area (Å²) in [5, 5.41) is 15.3. The molecule has 8 rings (SSSR count). The first kappa shape index (κ1) is 31.5. The van der Waals surface area contributed by atoms with Crippen molar-refractivity contribution in [2.75, 3.05) is 57.3 Å². The summed E-state index contributed by atoms with van der Waals surface area (Å²) in [7, 11) is 0. The number of phenolic OH excluding ortho intramolecular Hbond substituents is 1. The number of pyridine rings is 1. The molecule has 2 aromatic heterocycles. The lowest BCUT2D eigenvalue weighted by atomic mass is 9.95. The van der Waals surface area contributed by atoms with Crippen molar-refractivity contribution in [3.05, 3.63) is 47.2 Å². The highest BCUT2D eigenvalue weighted by molar-refractivity contribution is 6.03. The van der Waals surface area contributed by atoms with Gasteiger partial charge in [0.2, 0.25) is 0 Å². The Kier molecular flexibility index (Phi) is 8.39. The first-order valence-electron chi connectivity index (χ1n) is 17.0. The van der Waals surface area contributed by atoms with E-state index in [1.54, 1.807) is 0 Å². The predicted molar refractivity (Wildman–Crippen MR) is 181 cm³/mol. The molecule has 0 spiro atoms. The molecule has 246 valence electrons. The van der Waals surface area contributed by atoms with E-state index < -0.39 is 11.6 Å². The number of likely N-dealkylation sites (tertiary alicyclic amines) is 1. The molecule has 8 nitrogen and oxygen atoms in total. The smallest absolute Gasteiger partial charge is 0.319 e. The number of anilines is 1. The van der Waals surface area contributed by atoms with Crippen LogP contribution in [-0.4, -0.2) is 77.4 Å². The lowest BCUT2D eigenvalue weighted by Gasteiger charge is -2.30. The largest absolute Gasteiger partial charge is 0.508 e. The highest BCUT2D eigenvalue weighted by Crippen LogP contribution is 2.51. The molecule has 2 aromatic carbocycles. The first-order valence-corrected chi connectivity index (χ1v) is 17.0. The quantitative estimate of drug-likeness (QED) is 0.230. The average molecular weight is 641 g/mol. The Hall–Kier alpha value is -4.07. The molecular weight excluding hydrogens is 598 g/mol. The van der Waals surface area contributed by atoms with Gasteiger partial charge in [-0.1, -0.05) is 32.8 Å². The second kappa shape index (κ2) is 12.5. The number of piperazine rings is 1. The van der Waals surface area contributed by atoms with E-state index in [4.69, 9.17) is 21.1 Å². The minimum atomic E-state index is -0.692. The highest BCUT2D eigenvalue weighted by atomic mass is 19.1. The van der Waals surface area contributed by atoms with Crippen LogP contribution in [0.25, 0.3) is 32.9 Å². The molecule has 10 heteroatoms. The number of nitrogens with zero attached hydrogens (tertiary/aromatic N) is 5. The second-order valence-corrected chi connectivity index (χ2v) is 13.3. The molecular formula is C37H42F2N6O2. The van der Waals surface area contributed by atoms with Gasteiger partial charge < -0.3 is 25.0 Å². The summed E-state index contributed by atoms with van der Waals surface area (Å²) in [4.78, 5) is 19.1. The Morgan fingerprint density at radius 1 is 1.06 bits per heavy atom. The second-order valence-electron chi connectivity index (χ2n) is 13.3. The van der Waals surface area contributed by atoms with E-state index in [1.807, 2.05) is 20.8 Å². The van der Waals surface area contributed by atoms with Crippen molar-refractivity contribution in [2.24, 2.45) is 17.3 Å². The number of rotatable bonds is 8. The Labute approximate surface area is 274 Å². The lowest BCUT2D eigenvalue weighted by molar-refractivity contribution is 0.163. The number of terminal acetylenes is 1. The van der Waals surface area contributed by atoms with Gasteiger partial charge in [0, 0.05) is 62.2 Å². The first-order chi connectivity index (χ1) is 22.9. The summed E-state index contributed by atoms with van der Waals surface area (Å²) >= 11 is 0. The summed E-state index contributed by atoms with van der Waals surface area (Å²) in [6, 6.07) is 5.77. The number of phenols is 1. The van der Waals surface area contributed by atoms with Crippen LogP contribution in [-0.2, 0) is 6.42 Å². The molecule has 2 atom stereocenters. The van der Waals surface area contributed by atoms with E-state index >= 15 is 4.39 Å². The van der Waals surface area contributed by atoms with Gasteiger partial charge >= 0.3 is 6.01 Å². The van der Waals surface area contributed by atoms with E-state index in [-0.39, 0.29) is 39.5 Å². The fourth-order valence-corrected chi connectivity index (χ4v) is 7.40. The normalized spacial score (nSPS) is 21.2. The standard InChI is InChI=1S/C35H36F2N6O2.C2H6/c1-3-24-26(36)6-5-20-14-23(44)15-25(28(20)24)31-30(37)32-29(27(4-2)39-31)33(43-11-9-38-10-12-43)41-34(40-32)45-19-35(7-8-35)18-42-16-21-13-22(21)17-42;1-2/h1,5-6,14-15,21-22,38,44H,4,7-13,16-19H2,2H3;1-2H3. The number of aromatic nitrogens is 3. The highest BCUT2D eigenvalue weighted by Gasteiger charge is 2.50. The summed E-state index contributed by atoms with van der Waals surface area (Å²) in [5.41, 5.74) is 0.913. The van der Waals surface area contributed by atoms with Crippen LogP contribution >= 0.6 is 0 Å². The zero-order valence-corrected chi connectivity index (χ0v) is 27.4. The third kappa shape index (κ3) is 5.85. The molecule has 2 aliphatic carbocycles. The van der Waals surface area contributed by atoms with E-state index in [9.17, 15) is 9.50 Å². The van der Waals surface area contributed by atoms with Crippen LogP contribution < -0.4 is 15.0 Å². The maximum Gasteiger partial charge on any atom is 0.319 e. The molecule has 47 heavy (non-hydrogen) atoms. The number of aromatic hydroxyl groups is 1. The van der Waals surface area contributed by atoms with E-state index in [1.165, 1.54) is 43.8 Å². The molecule has 4 aromatic rings. The van der Waals surface area contributed by atoms with Gasteiger partial charge in [0.15, 0.2) is 5.82 Å². The molecule has 4 fully saturated rings. The summed E-state index contributed by atoms with van der Waals surface area (Å²) in [5.74, 6) is 3.37. The molecule has 0 radical (unpaired) electrons. The number of hydrogen-bond acceptors (Lipinski definition) is 8. The van der Waals surface area contributed by atoms with Gasteiger partial charge in [-0.25, -0.2) is 13.8 Å². The van der Waals surface area contributed by atoms with Crippen LogP contribution in [0.5, 0.6) is 11.8 Å². The zero-order chi connectivity index (χ0) is 32.9. The van der Waals surface area contributed by atoms with Crippen LogP contribution in [0.4, 0.5) is 14.6 Å². The fourth-order valence-electron chi connectivity index (χ4n) is 7.40. The average Bonchev–Trinajstić information content (AvgIpc) is 4.00. The maximum atomic E-state index is 16.9. The maximum absolute atomic E-state index is 16.9. The Bertz CT molecular complexity index is 1870. The number of piperidine rings is 1. The Morgan fingerprint density at radius 3 is 2.49 bits per heavy atom. The molecule has 4 heterocycles. The Balaban J connectivity index is 0.00000172. The number of hydrogen-bond donors (Lipinski definition) is 2. The fraction of sp³-hybridized carbons (Fsp3) is 0.486. The van der Waals surface area contributed by atoms with Gasteiger partial charge in [-0.3, -0.25) is 0 Å². The van der Waals surface area contributed by atoms with Crippen molar-refractivity contribution < 1.29 is 18.6 Å². The molecule has 2 saturated carbocycles. The van der Waals surface area contributed by atoms with Gasteiger partial charge in [-0.15, -0.1) is 6.42 Å².